The number of rotatable bonds is 4. The minimum absolute atomic E-state index is 0.147. The van der Waals surface area contributed by atoms with Crippen LogP contribution in [0.15, 0.2) is 51.6 Å². The molecule has 4 rings (SSSR count). The molecule has 1 aromatic carbocycles. The molecule has 1 aliphatic rings. The SMILES string of the molecule is CN1C[C@@H](C(=O)NCc2noc(-c3ccco3)n2)Oc2ccccc21. The number of anilines is 1. The van der Waals surface area contributed by atoms with Gasteiger partial charge in [-0.05, 0) is 24.3 Å². The predicted octanol–water partition coefficient (Wildman–Crippen LogP) is 1.84. The second-order valence-electron chi connectivity index (χ2n) is 5.67. The van der Waals surface area contributed by atoms with Crippen molar-refractivity contribution < 1.29 is 18.5 Å². The van der Waals surface area contributed by atoms with Gasteiger partial charge >= 0.3 is 0 Å². The summed E-state index contributed by atoms with van der Waals surface area (Å²) in [4.78, 5) is 18.6. The van der Waals surface area contributed by atoms with Gasteiger partial charge < -0.3 is 23.9 Å². The summed E-state index contributed by atoms with van der Waals surface area (Å²) in [6.07, 6.45) is 0.923. The van der Waals surface area contributed by atoms with E-state index in [0.29, 0.717) is 23.9 Å². The maximum Gasteiger partial charge on any atom is 0.293 e. The van der Waals surface area contributed by atoms with Crippen LogP contribution < -0.4 is 15.0 Å². The van der Waals surface area contributed by atoms with E-state index in [4.69, 9.17) is 13.7 Å². The number of fused-ring (bicyclic) bond motifs is 1. The maximum absolute atomic E-state index is 12.4. The zero-order valence-electron chi connectivity index (χ0n) is 13.5. The van der Waals surface area contributed by atoms with Crippen LogP contribution in [0.5, 0.6) is 5.75 Å². The van der Waals surface area contributed by atoms with E-state index < -0.39 is 6.10 Å². The molecule has 128 valence electrons. The fourth-order valence-corrected chi connectivity index (χ4v) is 2.65. The van der Waals surface area contributed by atoms with Crippen LogP contribution in [0, 0.1) is 0 Å². The molecule has 2 aromatic heterocycles. The Bertz CT molecular complexity index is 874. The van der Waals surface area contributed by atoms with Gasteiger partial charge in [0.25, 0.3) is 11.8 Å². The molecule has 8 heteroatoms. The van der Waals surface area contributed by atoms with Crippen molar-refractivity contribution in [2.24, 2.45) is 0 Å². The number of likely N-dealkylation sites (N-methyl/N-ethyl adjacent to an activating group) is 1. The fourth-order valence-electron chi connectivity index (χ4n) is 2.65. The number of amides is 1. The number of nitrogens with zero attached hydrogens (tertiary/aromatic N) is 3. The predicted molar refractivity (Wildman–Crippen MR) is 88.0 cm³/mol. The highest BCUT2D eigenvalue weighted by atomic mass is 16.5. The van der Waals surface area contributed by atoms with Crippen molar-refractivity contribution in [1.82, 2.24) is 15.5 Å². The first-order valence-electron chi connectivity index (χ1n) is 7.82. The Kier molecular flexibility index (Phi) is 3.85. The van der Waals surface area contributed by atoms with E-state index in [0.717, 1.165) is 5.69 Å². The monoisotopic (exact) mass is 340 g/mol. The zero-order valence-corrected chi connectivity index (χ0v) is 13.5. The molecule has 1 amide bonds. The molecule has 3 aromatic rings. The Morgan fingerprint density at radius 3 is 3.04 bits per heavy atom. The molecule has 25 heavy (non-hydrogen) atoms. The summed E-state index contributed by atoms with van der Waals surface area (Å²) in [5, 5.41) is 6.60. The zero-order chi connectivity index (χ0) is 17.2. The molecule has 0 unspecified atom stereocenters. The molecular formula is C17H16N4O4. The Balaban J connectivity index is 1.38. The van der Waals surface area contributed by atoms with Gasteiger partial charge in [0, 0.05) is 7.05 Å². The molecule has 8 nitrogen and oxygen atoms in total. The van der Waals surface area contributed by atoms with Crippen molar-refractivity contribution in [1.29, 1.82) is 0 Å². The molecule has 0 spiro atoms. The molecule has 1 atom stereocenters. The topological polar surface area (TPSA) is 93.6 Å². The molecule has 0 saturated heterocycles. The molecule has 1 N–H and O–H groups in total. The van der Waals surface area contributed by atoms with E-state index in [9.17, 15) is 4.79 Å². The third kappa shape index (κ3) is 3.06. The van der Waals surface area contributed by atoms with Crippen LogP contribution in [0.1, 0.15) is 5.82 Å². The van der Waals surface area contributed by atoms with Gasteiger partial charge in [-0.3, -0.25) is 4.79 Å². The van der Waals surface area contributed by atoms with Crippen LogP contribution >= 0.6 is 0 Å². The summed E-state index contributed by atoms with van der Waals surface area (Å²) in [5.41, 5.74) is 0.966. The van der Waals surface area contributed by atoms with Crippen molar-refractivity contribution in [3.05, 3.63) is 48.5 Å². The van der Waals surface area contributed by atoms with E-state index in [1.54, 1.807) is 12.1 Å². The van der Waals surface area contributed by atoms with E-state index >= 15 is 0 Å². The first-order valence-corrected chi connectivity index (χ1v) is 7.82. The number of carbonyl (C=O) groups is 1. The highest BCUT2D eigenvalue weighted by molar-refractivity contribution is 5.83. The second kappa shape index (κ2) is 6.31. The molecule has 0 bridgehead atoms. The van der Waals surface area contributed by atoms with Crippen molar-refractivity contribution >= 4 is 11.6 Å². The van der Waals surface area contributed by atoms with Crippen molar-refractivity contribution in [3.63, 3.8) is 0 Å². The van der Waals surface area contributed by atoms with Gasteiger partial charge in [0.1, 0.15) is 5.75 Å². The van der Waals surface area contributed by atoms with Crippen LogP contribution in [-0.4, -0.2) is 35.7 Å². The number of carbonyl (C=O) groups excluding carboxylic acids is 1. The molecule has 0 saturated carbocycles. The lowest BCUT2D eigenvalue weighted by Crippen LogP contribution is -2.47. The molecule has 1 aliphatic heterocycles. The molecular weight excluding hydrogens is 324 g/mol. The van der Waals surface area contributed by atoms with Crippen LogP contribution in [0.2, 0.25) is 0 Å². The average Bonchev–Trinajstić information content (AvgIpc) is 3.31. The van der Waals surface area contributed by atoms with Crippen LogP contribution in [0.3, 0.4) is 0 Å². The van der Waals surface area contributed by atoms with Gasteiger partial charge in [0.15, 0.2) is 17.7 Å². The van der Waals surface area contributed by atoms with E-state index in [2.05, 4.69) is 15.5 Å². The lowest BCUT2D eigenvalue weighted by atomic mass is 10.2. The standard InChI is InChI=1S/C17H16N4O4/c1-21-10-14(24-12-6-3-2-5-11(12)21)16(22)18-9-15-19-17(25-20-15)13-7-4-8-23-13/h2-8,14H,9-10H2,1H3,(H,18,22)/t14-/m0/s1. The third-order valence-electron chi connectivity index (χ3n) is 3.90. The van der Waals surface area contributed by atoms with Gasteiger partial charge in [-0.1, -0.05) is 17.3 Å². The number of furan rings is 1. The molecule has 0 aliphatic carbocycles. The van der Waals surface area contributed by atoms with Crippen molar-refractivity contribution in [2.75, 3.05) is 18.5 Å². The number of para-hydroxylation sites is 2. The second-order valence-corrected chi connectivity index (χ2v) is 5.67. The van der Waals surface area contributed by atoms with Crippen molar-refractivity contribution in [2.45, 2.75) is 12.6 Å². The van der Waals surface area contributed by atoms with E-state index in [1.165, 1.54) is 6.26 Å². The fraction of sp³-hybridized carbons (Fsp3) is 0.235. The Hall–Kier alpha value is -3.29. The molecule has 0 fully saturated rings. The molecule has 0 radical (unpaired) electrons. The summed E-state index contributed by atoms with van der Waals surface area (Å²) in [6, 6.07) is 11.1. The van der Waals surface area contributed by atoms with Crippen LogP contribution in [0.4, 0.5) is 5.69 Å². The number of aromatic nitrogens is 2. The van der Waals surface area contributed by atoms with Gasteiger partial charge in [0.05, 0.1) is 25.0 Å². The number of ether oxygens (including phenoxy) is 1. The summed E-state index contributed by atoms with van der Waals surface area (Å²) in [5.74, 6) is 1.59. The van der Waals surface area contributed by atoms with Crippen molar-refractivity contribution in [3.8, 4) is 17.4 Å². The van der Waals surface area contributed by atoms with Gasteiger partial charge in [-0.2, -0.15) is 4.98 Å². The van der Waals surface area contributed by atoms with Gasteiger partial charge in [0.2, 0.25) is 0 Å². The normalized spacial score (nSPS) is 16.2. The Morgan fingerprint density at radius 1 is 1.32 bits per heavy atom. The first kappa shape index (κ1) is 15.3. The van der Waals surface area contributed by atoms with Gasteiger partial charge in [-0.25, -0.2) is 0 Å². The largest absolute Gasteiger partial charge is 0.477 e. The van der Waals surface area contributed by atoms with E-state index in [-0.39, 0.29) is 18.3 Å². The number of hydrogen-bond donors (Lipinski definition) is 1. The Morgan fingerprint density at radius 2 is 2.20 bits per heavy atom. The molecule has 3 heterocycles. The number of benzene rings is 1. The lowest BCUT2D eigenvalue weighted by Gasteiger charge is -2.32. The lowest BCUT2D eigenvalue weighted by molar-refractivity contribution is -0.128. The Labute approximate surface area is 143 Å². The van der Waals surface area contributed by atoms with E-state index in [1.807, 2.05) is 36.2 Å². The summed E-state index contributed by atoms with van der Waals surface area (Å²) in [7, 11) is 1.93. The van der Waals surface area contributed by atoms with Gasteiger partial charge in [-0.15, -0.1) is 0 Å². The van der Waals surface area contributed by atoms with Crippen LogP contribution in [0.25, 0.3) is 11.7 Å². The maximum atomic E-state index is 12.4. The highest BCUT2D eigenvalue weighted by Crippen LogP contribution is 2.31. The number of nitrogens with one attached hydrogen (secondary N) is 1. The minimum Gasteiger partial charge on any atom is -0.477 e. The third-order valence-corrected chi connectivity index (χ3v) is 3.90. The first-order chi connectivity index (χ1) is 12.2. The summed E-state index contributed by atoms with van der Waals surface area (Å²) in [6.45, 7) is 0.612. The average molecular weight is 340 g/mol. The highest BCUT2D eigenvalue weighted by Gasteiger charge is 2.28. The smallest absolute Gasteiger partial charge is 0.293 e. The summed E-state index contributed by atoms with van der Waals surface area (Å²) < 4.78 is 16.1. The van der Waals surface area contributed by atoms with Crippen LogP contribution in [-0.2, 0) is 11.3 Å². The minimum atomic E-state index is -0.601. The number of hydrogen-bond acceptors (Lipinski definition) is 7. The summed E-state index contributed by atoms with van der Waals surface area (Å²) >= 11 is 0. The quantitative estimate of drug-likeness (QED) is 0.774.